The second kappa shape index (κ2) is 5.36. The van der Waals surface area contributed by atoms with Gasteiger partial charge in [0.05, 0.1) is 5.02 Å². The third-order valence-electron chi connectivity index (χ3n) is 3.88. The Labute approximate surface area is 107 Å². The van der Waals surface area contributed by atoms with Gasteiger partial charge in [-0.3, -0.25) is 0 Å². The van der Waals surface area contributed by atoms with Crippen LogP contribution in [0, 0.1) is 18.7 Å². The maximum absolute atomic E-state index is 13.4. The van der Waals surface area contributed by atoms with Crippen LogP contribution in [0.2, 0.25) is 5.02 Å². The smallest absolute Gasteiger partial charge is 0.144 e. The van der Waals surface area contributed by atoms with Crippen LogP contribution in [0.25, 0.3) is 0 Å². The lowest BCUT2D eigenvalue weighted by Crippen LogP contribution is -2.20. The van der Waals surface area contributed by atoms with Crippen LogP contribution in [0.4, 0.5) is 4.39 Å². The summed E-state index contributed by atoms with van der Waals surface area (Å²) in [4.78, 5) is 0. The Balaban J connectivity index is 2.13. The van der Waals surface area contributed by atoms with E-state index in [1.165, 1.54) is 18.4 Å². The van der Waals surface area contributed by atoms with Gasteiger partial charge in [0.2, 0.25) is 0 Å². The molecule has 17 heavy (non-hydrogen) atoms. The Morgan fingerprint density at radius 1 is 1.29 bits per heavy atom. The third kappa shape index (κ3) is 2.80. The monoisotopic (exact) mass is 255 g/mol. The number of hydrogen-bond donors (Lipinski definition) is 1. The summed E-state index contributed by atoms with van der Waals surface area (Å²) in [7, 11) is 0. The quantitative estimate of drug-likeness (QED) is 0.849. The average molecular weight is 256 g/mol. The van der Waals surface area contributed by atoms with Gasteiger partial charge in [0.1, 0.15) is 5.82 Å². The van der Waals surface area contributed by atoms with Crippen LogP contribution in [0.15, 0.2) is 12.1 Å². The highest BCUT2D eigenvalue weighted by Crippen LogP contribution is 2.37. The summed E-state index contributed by atoms with van der Waals surface area (Å²) in [5.74, 6) is 0.906. The van der Waals surface area contributed by atoms with Crippen molar-refractivity contribution in [3.05, 3.63) is 34.1 Å². The molecule has 0 saturated heterocycles. The lowest BCUT2D eigenvalue weighted by molar-refractivity contribution is 0.332. The van der Waals surface area contributed by atoms with Crippen LogP contribution >= 0.6 is 11.6 Å². The van der Waals surface area contributed by atoms with E-state index in [9.17, 15) is 4.39 Å². The van der Waals surface area contributed by atoms with Gasteiger partial charge in [0.15, 0.2) is 0 Å². The number of rotatable bonds is 2. The zero-order valence-corrected chi connectivity index (χ0v) is 10.9. The van der Waals surface area contributed by atoms with Gasteiger partial charge in [-0.2, -0.15) is 0 Å². The minimum absolute atomic E-state index is 0.251. The van der Waals surface area contributed by atoms with E-state index in [2.05, 4.69) is 0 Å². The second-order valence-electron chi connectivity index (χ2n) is 5.09. The molecule has 94 valence electrons. The first-order valence-corrected chi connectivity index (χ1v) is 6.65. The van der Waals surface area contributed by atoms with E-state index in [-0.39, 0.29) is 10.8 Å². The number of aryl methyl sites for hydroxylation is 1. The Morgan fingerprint density at radius 3 is 2.47 bits per heavy atom. The van der Waals surface area contributed by atoms with Gasteiger partial charge in [0, 0.05) is 0 Å². The summed E-state index contributed by atoms with van der Waals surface area (Å²) in [6.45, 7) is 2.56. The molecule has 0 bridgehead atoms. The normalized spacial score (nSPS) is 24.9. The van der Waals surface area contributed by atoms with Crippen molar-refractivity contribution in [2.45, 2.75) is 38.5 Å². The molecule has 1 fully saturated rings. The molecule has 0 unspecified atom stereocenters. The van der Waals surface area contributed by atoms with Crippen LogP contribution in [-0.2, 0) is 0 Å². The summed E-state index contributed by atoms with van der Waals surface area (Å²) in [5, 5.41) is 0.251. The highest BCUT2D eigenvalue weighted by molar-refractivity contribution is 6.30. The second-order valence-corrected chi connectivity index (χ2v) is 5.49. The summed E-state index contributed by atoms with van der Waals surface area (Å²) < 4.78 is 13.4. The Bertz CT molecular complexity index is 374. The van der Waals surface area contributed by atoms with E-state index < -0.39 is 0 Å². The highest BCUT2D eigenvalue weighted by Gasteiger charge is 2.22. The minimum Gasteiger partial charge on any atom is -0.330 e. The van der Waals surface area contributed by atoms with Crippen molar-refractivity contribution in [3.63, 3.8) is 0 Å². The van der Waals surface area contributed by atoms with Gasteiger partial charge in [0.25, 0.3) is 0 Å². The molecule has 0 spiro atoms. The van der Waals surface area contributed by atoms with Crippen molar-refractivity contribution in [1.29, 1.82) is 0 Å². The molecule has 0 aliphatic heterocycles. The molecule has 1 aromatic rings. The number of nitrogens with two attached hydrogens (primary N) is 1. The van der Waals surface area contributed by atoms with Crippen LogP contribution < -0.4 is 5.73 Å². The Morgan fingerprint density at radius 2 is 1.94 bits per heavy atom. The van der Waals surface area contributed by atoms with Gasteiger partial charge in [-0.05, 0) is 68.2 Å². The summed E-state index contributed by atoms with van der Waals surface area (Å²) in [6, 6.07) is 3.73. The topological polar surface area (TPSA) is 26.0 Å². The maximum Gasteiger partial charge on any atom is 0.144 e. The molecule has 1 nitrogen and oxygen atoms in total. The molecule has 3 heteroatoms. The maximum atomic E-state index is 13.4. The van der Waals surface area contributed by atoms with Crippen molar-refractivity contribution >= 4 is 11.6 Å². The van der Waals surface area contributed by atoms with E-state index in [4.69, 9.17) is 17.3 Å². The SMILES string of the molecule is Cc1cc(C2CCC(CN)CC2)cc(Cl)c1F. The molecule has 1 aliphatic carbocycles. The molecule has 0 atom stereocenters. The zero-order chi connectivity index (χ0) is 12.4. The molecule has 2 N–H and O–H groups in total. The van der Waals surface area contributed by atoms with Crippen molar-refractivity contribution in [3.8, 4) is 0 Å². The van der Waals surface area contributed by atoms with Crippen LogP contribution in [0.3, 0.4) is 0 Å². The fraction of sp³-hybridized carbons (Fsp3) is 0.571. The standard InChI is InChI=1S/C14H19ClFN/c1-9-6-12(7-13(15)14(9)16)11-4-2-10(8-17)3-5-11/h6-7,10-11H,2-5,8,17H2,1H3. The van der Waals surface area contributed by atoms with Crippen molar-refractivity contribution in [2.75, 3.05) is 6.54 Å². The van der Waals surface area contributed by atoms with Gasteiger partial charge >= 0.3 is 0 Å². The average Bonchev–Trinajstić information content (AvgIpc) is 2.35. The lowest BCUT2D eigenvalue weighted by Gasteiger charge is -2.28. The lowest BCUT2D eigenvalue weighted by atomic mass is 9.78. The van der Waals surface area contributed by atoms with Gasteiger partial charge in [-0.25, -0.2) is 4.39 Å². The molecular formula is C14H19ClFN. The van der Waals surface area contributed by atoms with Crippen LogP contribution in [0.1, 0.15) is 42.7 Å². The van der Waals surface area contributed by atoms with E-state index in [1.807, 2.05) is 6.07 Å². The fourth-order valence-electron chi connectivity index (χ4n) is 2.72. The number of halogens is 2. The van der Waals surface area contributed by atoms with E-state index >= 15 is 0 Å². The van der Waals surface area contributed by atoms with Crippen molar-refractivity contribution in [2.24, 2.45) is 11.7 Å². The molecule has 2 rings (SSSR count). The van der Waals surface area contributed by atoms with E-state index in [0.29, 0.717) is 17.4 Å². The number of benzene rings is 1. The molecule has 1 aromatic carbocycles. The summed E-state index contributed by atoms with van der Waals surface area (Å²) >= 11 is 5.90. The first-order valence-electron chi connectivity index (χ1n) is 6.27. The first-order chi connectivity index (χ1) is 8.11. The van der Waals surface area contributed by atoms with E-state index in [0.717, 1.165) is 19.4 Å². The summed E-state index contributed by atoms with van der Waals surface area (Å²) in [6.07, 6.45) is 4.64. The predicted octanol–water partition coefficient (Wildman–Crippen LogP) is 4.02. The molecule has 0 amide bonds. The molecule has 1 aliphatic rings. The molecule has 0 heterocycles. The fourth-order valence-corrected chi connectivity index (χ4v) is 3.00. The largest absolute Gasteiger partial charge is 0.330 e. The third-order valence-corrected chi connectivity index (χ3v) is 4.16. The van der Waals surface area contributed by atoms with Crippen LogP contribution in [-0.4, -0.2) is 6.54 Å². The van der Waals surface area contributed by atoms with E-state index in [1.54, 1.807) is 13.0 Å². The molecular weight excluding hydrogens is 237 g/mol. The zero-order valence-electron chi connectivity index (χ0n) is 10.2. The molecule has 1 saturated carbocycles. The van der Waals surface area contributed by atoms with Crippen molar-refractivity contribution in [1.82, 2.24) is 0 Å². The summed E-state index contributed by atoms with van der Waals surface area (Å²) in [5.41, 5.74) is 7.52. The molecule has 0 aromatic heterocycles. The highest BCUT2D eigenvalue weighted by atomic mass is 35.5. The molecule has 0 radical (unpaired) electrons. The van der Waals surface area contributed by atoms with Gasteiger partial charge in [-0.15, -0.1) is 0 Å². The predicted molar refractivity (Wildman–Crippen MR) is 69.9 cm³/mol. The minimum atomic E-state index is -0.286. The Hall–Kier alpha value is -0.600. The van der Waals surface area contributed by atoms with Gasteiger partial charge < -0.3 is 5.73 Å². The Kier molecular flexibility index (Phi) is 4.05. The van der Waals surface area contributed by atoms with Crippen molar-refractivity contribution < 1.29 is 4.39 Å². The van der Waals surface area contributed by atoms with Gasteiger partial charge in [-0.1, -0.05) is 17.7 Å². The first kappa shape index (κ1) is 12.8. The van der Waals surface area contributed by atoms with Crippen LogP contribution in [0.5, 0.6) is 0 Å². The number of hydrogen-bond acceptors (Lipinski definition) is 1.